The molecule has 1 atom stereocenters. The third kappa shape index (κ3) is 7.41. The molecule has 5 rings (SSSR count). The number of nitrogens with zero attached hydrogens (tertiary/aromatic N) is 3. The van der Waals surface area contributed by atoms with Gasteiger partial charge in [-0.15, -0.1) is 0 Å². The molecule has 0 bridgehead atoms. The highest BCUT2D eigenvalue weighted by Crippen LogP contribution is 2.30. The van der Waals surface area contributed by atoms with E-state index in [4.69, 9.17) is 25.8 Å². The first-order valence-electron chi connectivity index (χ1n) is 14.5. The molecular formula is C31H36ClFN4O6. The molecule has 1 saturated heterocycles. The van der Waals surface area contributed by atoms with E-state index in [1.165, 1.54) is 13.2 Å². The number of para-hydroxylation sites is 1. The van der Waals surface area contributed by atoms with Gasteiger partial charge in [0.1, 0.15) is 12.4 Å². The largest absolute Gasteiger partial charge is 0.469 e. The zero-order valence-electron chi connectivity index (χ0n) is 24.3. The van der Waals surface area contributed by atoms with Crippen LogP contribution in [0.25, 0.3) is 10.9 Å². The monoisotopic (exact) mass is 614 g/mol. The van der Waals surface area contributed by atoms with Crippen LogP contribution in [0.5, 0.6) is 0 Å². The summed E-state index contributed by atoms with van der Waals surface area (Å²) in [5.74, 6) is -1.85. The number of aryl methyl sites for hydroxylation is 1. The number of amides is 1. The van der Waals surface area contributed by atoms with Crippen LogP contribution in [0.1, 0.15) is 54.6 Å². The van der Waals surface area contributed by atoms with E-state index in [1.807, 2.05) is 12.1 Å². The minimum absolute atomic E-state index is 0.0794. The number of nitrogens with one attached hydrogen (secondary N) is 1. The van der Waals surface area contributed by atoms with Gasteiger partial charge in [0.15, 0.2) is 11.5 Å². The summed E-state index contributed by atoms with van der Waals surface area (Å²) in [6.45, 7) is 1.32. The Hall–Kier alpha value is -3.38. The number of benzene rings is 2. The quantitative estimate of drug-likeness (QED) is 0.240. The van der Waals surface area contributed by atoms with Crippen molar-refractivity contribution in [2.75, 3.05) is 32.1 Å². The van der Waals surface area contributed by atoms with Gasteiger partial charge in [0.05, 0.1) is 35.4 Å². The van der Waals surface area contributed by atoms with Gasteiger partial charge in [-0.25, -0.2) is 4.39 Å². The molecule has 1 saturated carbocycles. The lowest BCUT2D eigenvalue weighted by molar-refractivity contribution is -0.243. The Bertz CT molecular complexity index is 1480. The molecule has 2 aromatic carbocycles. The van der Waals surface area contributed by atoms with E-state index in [0.717, 1.165) is 37.5 Å². The smallest absolute Gasteiger partial charge is 0.308 e. The number of hydrogen-bond acceptors (Lipinski definition) is 8. The number of carbonyl (C=O) groups is 3. The van der Waals surface area contributed by atoms with Crippen LogP contribution in [0.3, 0.4) is 0 Å². The number of Topliss-reactive ketones (excluding diaryl/α,β-unsaturated/α-hetero) is 1. The van der Waals surface area contributed by atoms with Crippen LogP contribution in [-0.4, -0.2) is 71.7 Å². The standard InChI is InChI=1S/C31H36ClFN4O6/c1-36-27-8-4-3-7-23(27)28(35-36)29(39)34-26-17-25(33)20(16-24(26)32)15-21(38)18-42-31(37-13-5-6-14-37)43-22-11-9-19(10-12-22)30(40)41-2/h3-4,7-8,16-17,19,22,31H,5-6,9-15,18H2,1-2H3,(H,34,39). The molecule has 1 unspecified atom stereocenters. The maximum Gasteiger partial charge on any atom is 0.308 e. The van der Waals surface area contributed by atoms with Crippen LogP contribution < -0.4 is 5.32 Å². The van der Waals surface area contributed by atoms with Gasteiger partial charge in [-0.2, -0.15) is 5.10 Å². The van der Waals surface area contributed by atoms with Crippen LogP contribution >= 0.6 is 11.6 Å². The van der Waals surface area contributed by atoms with Crippen LogP contribution in [-0.2, 0) is 37.3 Å². The van der Waals surface area contributed by atoms with Crippen molar-refractivity contribution in [3.63, 3.8) is 0 Å². The Morgan fingerprint density at radius 1 is 1.12 bits per heavy atom. The number of methoxy groups -OCH3 is 1. The first kappa shape index (κ1) is 31.1. The van der Waals surface area contributed by atoms with Crippen molar-refractivity contribution >= 4 is 45.9 Å². The van der Waals surface area contributed by atoms with E-state index in [9.17, 15) is 14.4 Å². The van der Waals surface area contributed by atoms with Gasteiger partial charge in [-0.3, -0.25) is 24.0 Å². The van der Waals surface area contributed by atoms with Gasteiger partial charge in [-0.1, -0.05) is 29.8 Å². The highest BCUT2D eigenvalue weighted by atomic mass is 35.5. The van der Waals surface area contributed by atoms with Crippen LogP contribution in [0.15, 0.2) is 36.4 Å². The Morgan fingerprint density at radius 3 is 2.56 bits per heavy atom. The lowest BCUT2D eigenvalue weighted by Crippen LogP contribution is -2.42. The normalized spacial score (nSPS) is 19.8. The average Bonchev–Trinajstić information content (AvgIpc) is 3.66. The summed E-state index contributed by atoms with van der Waals surface area (Å²) in [5, 5.41) is 7.67. The van der Waals surface area contributed by atoms with Crippen LogP contribution in [0.2, 0.25) is 5.02 Å². The summed E-state index contributed by atoms with van der Waals surface area (Å²) in [6.07, 6.45) is 3.75. The zero-order valence-corrected chi connectivity index (χ0v) is 25.1. The van der Waals surface area contributed by atoms with Gasteiger partial charge >= 0.3 is 5.97 Å². The molecule has 1 N–H and O–H groups in total. The fourth-order valence-electron chi connectivity index (χ4n) is 5.76. The van der Waals surface area contributed by atoms with Crippen LogP contribution in [0, 0.1) is 11.7 Å². The molecule has 43 heavy (non-hydrogen) atoms. The number of halogens is 2. The number of ketones is 1. The third-order valence-electron chi connectivity index (χ3n) is 8.09. The second-order valence-corrected chi connectivity index (χ2v) is 11.5. The number of esters is 1. The topological polar surface area (TPSA) is 112 Å². The summed E-state index contributed by atoms with van der Waals surface area (Å²) in [4.78, 5) is 39.7. The number of anilines is 1. The summed E-state index contributed by atoms with van der Waals surface area (Å²) in [6, 6.07) is 9.73. The number of carbonyl (C=O) groups excluding carboxylic acids is 3. The Labute approximate surface area is 254 Å². The van der Waals surface area contributed by atoms with Crippen LogP contribution in [0.4, 0.5) is 10.1 Å². The second kappa shape index (κ2) is 13.9. The maximum atomic E-state index is 15.1. The predicted molar refractivity (Wildman–Crippen MR) is 158 cm³/mol. The number of aromatic nitrogens is 2. The van der Waals surface area contributed by atoms with Crippen molar-refractivity contribution in [1.29, 1.82) is 0 Å². The molecule has 12 heteroatoms. The maximum absolute atomic E-state index is 15.1. The summed E-state index contributed by atoms with van der Waals surface area (Å²) in [7, 11) is 3.13. The molecule has 2 heterocycles. The van der Waals surface area contributed by atoms with E-state index in [0.29, 0.717) is 31.1 Å². The average molecular weight is 615 g/mol. The molecule has 0 radical (unpaired) electrons. The molecule has 1 aliphatic carbocycles. The minimum atomic E-state index is -0.695. The Kier molecular flexibility index (Phi) is 10.1. The molecule has 2 fully saturated rings. The van der Waals surface area contributed by atoms with Gasteiger partial charge in [0, 0.05) is 31.9 Å². The van der Waals surface area contributed by atoms with Crippen molar-refractivity contribution in [1.82, 2.24) is 14.7 Å². The van der Waals surface area contributed by atoms with Gasteiger partial charge in [0.2, 0.25) is 6.41 Å². The molecule has 1 aliphatic heterocycles. The van der Waals surface area contributed by atoms with Crippen molar-refractivity contribution in [3.05, 3.63) is 58.5 Å². The second-order valence-electron chi connectivity index (χ2n) is 11.1. The fraction of sp³-hybridized carbons (Fsp3) is 0.484. The molecule has 1 aromatic heterocycles. The number of hydrogen-bond donors (Lipinski definition) is 1. The van der Waals surface area contributed by atoms with E-state index in [1.54, 1.807) is 23.9 Å². The summed E-state index contributed by atoms with van der Waals surface area (Å²) in [5.41, 5.74) is 1.15. The highest BCUT2D eigenvalue weighted by molar-refractivity contribution is 6.34. The third-order valence-corrected chi connectivity index (χ3v) is 8.40. The van der Waals surface area contributed by atoms with Crippen molar-refractivity contribution in [2.45, 2.75) is 57.5 Å². The molecule has 1 amide bonds. The zero-order chi connectivity index (χ0) is 30.5. The number of likely N-dealkylation sites (tertiary alicyclic amines) is 1. The fourth-order valence-corrected chi connectivity index (χ4v) is 5.99. The van der Waals surface area contributed by atoms with Gasteiger partial charge < -0.3 is 19.5 Å². The van der Waals surface area contributed by atoms with E-state index in [2.05, 4.69) is 15.3 Å². The van der Waals surface area contributed by atoms with Crippen molar-refractivity contribution < 1.29 is 33.0 Å². The van der Waals surface area contributed by atoms with Gasteiger partial charge in [-0.05, 0) is 62.3 Å². The first-order valence-corrected chi connectivity index (χ1v) is 14.9. The molecule has 10 nitrogen and oxygen atoms in total. The first-order chi connectivity index (χ1) is 20.7. The van der Waals surface area contributed by atoms with Crippen molar-refractivity contribution in [3.8, 4) is 0 Å². The summed E-state index contributed by atoms with van der Waals surface area (Å²) >= 11 is 6.40. The van der Waals surface area contributed by atoms with Gasteiger partial charge in [0.25, 0.3) is 5.91 Å². The molecular weight excluding hydrogens is 579 g/mol. The van der Waals surface area contributed by atoms with E-state index in [-0.39, 0.29) is 58.8 Å². The molecule has 230 valence electrons. The predicted octanol–water partition coefficient (Wildman–Crippen LogP) is 4.87. The lowest BCUT2D eigenvalue weighted by Gasteiger charge is -2.34. The molecule has 0 spiro atoms. The Balaban J connectivity index is 1.18. The number of rotatable bonds is 11. The molecule has 2 aliphatic rings. The molecule has 3 aromatic rings. The number of fused-ring (bicyclic) bond motifs is 1. The van der Waals surface area contributed by atoms with E-state index < -0.39 is 18.1 Å². The summed E-state index contributed by atoms with van der Waals surface area (Å²) < 4.78 is 33.7. The lowest BCUT2D eigenvalue weighted by atomic mass is 9.87. The highest BCUT2D eigenvalue weighted by Gasteiger charge is 2.32. The SMILES string of the molecule is COC(=O)C1CCC(OC(OCC(=O)Cc2cc(Cl)c(NC(=O)c3nn(C)c4ccccc34)cc2F)N2CCCC2)CC1. The number of ether oxygens (including phenoxy) is 3. The Morgan fingerprint density at radius 2 is 1.84 bits per heavy atom. The van der Waals surface area contributed by atoms with Crippen molar-refractivity contribution in [2.24, 2.45) is 13.0 Å². The minimum Gasteiger partial charge on any atom is -0.469 e. The van der Waals surface area contributed by atoms with E-state index >= 15 is 4.39 Å².